The summed E-state index contributed by atoms with van der Waals surface area (Å²) in [6.45, 7) is 2.11. The van der Waals surface area contributed by atoms with Crippen molar-refractivity contribution in [3.63, 3.8) is 0 Å². The van der Waals surface area contributed by atoms with Crippen LogP contribution in [-0.4, -0.2) is 69.6 Å². The fourth-order valence-electron chi connectivity index (χ4n) is 1.51. The van der Waals surface area contributed by atoms with E-state index in [9.17, 15) is 8.42 Å². The van der Waals surface area contributed by atoms with Gasteiger partial charge in [-0.05, 0) is 6.42 Å². The second kappa shape index (κ2) is 10.0. The lowest BCUT2D eigenvalue weighted by molar-refractivity contribution is -0.0449. The Morgan fingerprint density at radius 2 is 1.89 bits per heavy atom. The molecule has 0 aromatic rings. The first-order valence-corrected chi connectivity index (χ1v) is 9.18. The molecule has 0 bridgehead atoms. The average Bonchev–Trinajstić information content (AvgIpc) is 2.32. The molecular formula is C11H24O5S2. The number of aliphatic hydroxyl groups is 1. The molecule has 0 aliphatic carbocycles. The summed E-state index contributed by atoms with van der Waals surface area (Å²) >= 11 is 0. The molecule has 0 amide bonds. The Bertz CT molecular complexity index is 268. The van der Waals surface area contributed by atoms with Crippen LogP contribution in [0.15, 0.2) is 0 Å². The minimum Gasteiger partial charge on any atom is -0.394 e. The van der Waals surface area contributed by atoms with Crippen molar-refractivity contribution < 1.29 is 23.0 Å². The van der Waals surface area contributed by atoms with Crippen molar-refractivity contribution in [2.75, 3.05) is 38.6 Å². The molecule has 0 radical (unpaired) electrons. The largest absolute Gasteiger partial charge is 0.394 e. The van der Waals surface area contributed by atoms with Gasteiger partial charge in [-0.25, -0.2) is 0 Å². The molecule has 0 aliphatic rings. The summed E-state index contributed by atoms with van der Waals surface area (Å²) in [7, 11) is -0.647. The van der Waals surface area contributed by atoms with Crippen LogP contribution in [0.1, 0.15) is 13.3 Å². The molecular weight excluding hydrogens is 276 g/mol. The fraction of sp³-hybridized carbons (Fsp3) is 1.00. The highest BCUT2D eigenvalue weighted by Crippen LogP contribution is 2.10. The molecule has 5 nitrogen and oxygen atoms in total. The van der Waals surface area contributed by atoms with Crippen molar-refractivity contribution >= 4 is 21.6 Å². The van der Waals surface area contributed by atoms with E-state index in [4.69, 9.17) is 14.6 Å². The van der Waals surface area contributed by atoms with Crippen molar-refractivity contribution in [2.45, 2.75) is 30.8 Å². The third kappa shape index (κ3) is 6.94. The van der Waals surface area contributed by atoms with Gasteiger partial charge < -0.3 is 14.6 Å². The molecule has 5 atom stereocenters. The van der Waals surface area contributed by atoms with Crippen LogP contribution in [0, 0.1) is 0 Å². The van der Waals surface area contributed by atoms with Crippen LogP contribution in [0.25, 0.3) is 0 Å². The van der Waals surface area contributed by atoms with Gasteiger partial charge in [0.1, 0.15) is 0 Å². The van der Waals surface area contributed by atoms with Crippen LogP contribution in [0.2, 0.25) is 0 Å². The first-order valence-electron chi connectivity index (χ1n) is 5.83. The zero-order valence-electron chi connectivity index (χ0n) is 11.5. The molecule has 18 heavy (non-hydrogen) atoms. The lowest BCUT2D eigenvalue weighted by Crippen LogP contribution is -2.40. The van der Waals surface area contributed by atoms with Crippen molar-refractivity contribution in [1.82, 2.24) is 0 Å². The molecule has 0 saturated carbocycles. The van der Waals surface area contributed by atoms with Crippen LogP contribution < -0.4 is 0 Å². The van der Waals surface area contributed by atoms with E-state index in [1.807, 2.05) is 6.92 Å². The fourth-order valence-corrected chi connectivity index (χ4v) is 4.14. The molecule has 0 saturated heterocycles. The predicted molar refractivity (Wildman–Crippen MR) is 74.7 cm³/mol. The van der Waals surface area contributed by atoms with Crippen LogP contribution in [0.3, 0.4) is 0 Å². The predicted octanol–water partition coefficient (Wildman–Crippen LogP) is -0.0855. The van der Waals surface area contributed by atoms with Gasteiger partial charge in [-0.15, -0.1) is 0 Å². The Morgan fingerprint density at radius 3 is 2.22 bits per heavy atom. The summed E-state index contributed by atoms with van der Waals surface area (Å²) in [6, 6.07) is 0. The molecule has 0 fully saturated rings. The minimum absolute atomic E-state index is 0.0491. The maximum absolute atomic E-state index is 11.7. The second-order valence-corrected chi connectivity index (χ2v) is 7.18. The number of hydrogen-bond acceptors (Lipinski definition) is 5. The first-order chi connectivity index (χ1) is 8.46. The topological polar surface area (TPSA) is 72.8 Å². The van der Waals surface area contributed by atoms with E-state index in [1.165, 1.54) is 7.11 Å². The van der Waals surface area contributed by atoms with E-state index in [0.717, 1.165) is 0 Å². The molecule has 0 aromatic carbocycles. The van der Waals surface area contributed by atoms with Gasteiger partial charge in [-0.1, -0.05) is 6.92 Å². The van der Waals surface area contributed by atoms with Crippen molar-refractivity contribution in [1.29, 1.82) is 0 Å². The Morgan fingerprint density at radius 1 is 1.28 bits per heavy atom. The average molecular weight is 300 g/mol. The molecule has 1 N–H and O–H groups in total. The summed E-state index contributed by atoms with van der Waals surface area (Å²) in [5.41, 5.74) is 0. The highest BCUT2D eigenvalue weighted by Gasteiger charge is 2.27. The molecule has 0 aliphatic heterocycles. The van der Waals surface area contributed by atoms with Gasteiger partial charge >= 0.3 is 0 Å². The Kier molecular flexibility index (Phi) is 10.1. The molecule has 7 heteroatoms. The molecule has 0 spiro atoms. The van der Waals surface area contributed by atoms with Crippen molar-refractivity contribution in [3.8, 4) is 0 Å². The van der Waals surface area contributed by atoms with Crippen LogP contribution in [0.4, 0.5) is 0 Å². The number of hydrogen-bond donors (Lipinski definition) is 1. The van der Waals surface area contributed by atoms with Crippen LogP contribution in [0.5, 0.6) is 0 Å². The van der Waals surface area contributed by atoms with Gasteiger partial charge in [0.25, 0.3) is 0 Å². The maximum atomic E-state index is 11.7. The molecule has 5 unspecified atom stereocenters. The number of methoxy groups -OCH3 is 1. The van der Waals surface area contributed by atoms with Crippen molar-refractivity contribution in [3.05, 3.63) is 0 Å². The smallest absolute Gasteiger partial charge is 0.0956 e. The number of aliphatic hydroxyl groups excluding tert-OH is 1. The van der Waals surface area contributed by atoms with E-state index in [1.54, 1.807) is 12.5 Å². The van der Waals surface area contributed by atoms with Gasteiger partial charge in [0.2, 0.25) is 0 Å². The van der Waals surface area contributed by atoms with Gasteiger partial charge in [0.05, 0.1) is 30.7 Å². The van der Waals surface area contributed by atoms with E-state index in [2.05, 4.69) is 0 Å². The molecule has 110 valence electrons. The van der Waals surface area contributed by atoms with Gasteiger partial charge in [0.15, 0.2) is 0 Å². The quantitative estimate of drug-likeness (QED) is 0.611. The normalized spacial score (nSPS) is 20.1. The number of rotatable bonds is 10. The summed E-state index contributed by atoms with van der Waals surface area (Å²) in [6.07, 6.45) is 3.25. The summed E-state index contributed by atoms with van der Waals surface area (Å²) in [5, 5.41) is 8.71. The Hall–Kier alpha value is 0.180. The lowest BCUT2D eigenvalue weighted by atomic mass is 10.2. The summed E-state index contributed by atoms with van der Waals surface area (Å²) in [5.74, 6) is 0.320. The lowest BCUT2D eigenvalue weighted by Gasteiger charge is -2.25. The Labute approximate surface area is 114 Å². The second-order valence-electron chi connectivity index (χ2n) is 4.10. The molecule has 0 heterocycles. The standard InChI is InChI=1S/C11H24O5S2/c1-5-9(6-12)16-7-10(15-2)11(18(4)14)8-17(3)13/h9-12H,5-8H2,1-4H3. The van der Waals surface area contributed by atoms with Gasteiger partial charge in [-0.3, -0.25) is 8.42 Å². The minimum atomic E-state index is -1.13. The van der Waals surface area contributed by atoms with Crippen LogP contribution >= 0.6 is 0 Å². The van der Waals surface area contributed by atoms with E-state index >= 15 is 0 Å². The van der Waals surface area contributed by atoms with Crippen molar-refractivity contribution in [2.24, 2.45) is 0 Å². The zero-order valence-corrected chi connectivity index (χ0v) is 13.1. The zero-order chi connectivity index (χ0) is 14.1. The summed E-state index contributed by atoms with van der Waals surface area (Å²) in [4.78, 5) is 0. The number of ether oxygens (including phenoxy) is 2. The summed E-state index contributed by atoms with van der Waals surface area (Å²) < 4.78 is 33.7. The first kappa shape index (κ1) is 18.2. The maximum Gasteiger partial charge on any atom is 0.0956 e. The third-order valence-corrected chi connectivity index (χ3v) is 5.06. The molecule has 0 aromatic heterocycles. The van der Waals surface area contributed by atoms with E-state index < -0.39 is 21.6 Å². The highest BCUT2D eigenvalue weighted by atomic mass is 32.2. The van der Waals surface area contributed by atoms with Gasteiger partial charge in [-0.2, -0.15) is 0 Å². The highest BCUT2D eigenvalue weighted by molar-refractivity contribution is 7.88. The SMILES string of the molecule is CCC(CO)OCC(OC)C(CS(C)=O)S(C)=O. The third-order valence-electron chi connectivity index (χ3n) is 2.70. The monoisotopic (exact) mass is 300 g/mol. The van der Waals surface area contributed by atoms with E-state index in [-0.39, 0.29) is 30.7 Å². The molecule has 0 rings (SSSR count). The van der Waals surface area contributed by atoms with Gasteiger partial charge in [0, 0.05) is 47.0 Å². The Balaban J connectivity index is 4.50. The van der Waals surface area contributed by atoms with Crippen LogP contribution in [-0.2, 0) is 31.1 Å². The van der Waals surface area contributed by atoms with E-state index in [0.29, 0.717) is 12.2 Å².